The first-order chi connectivity index (χ1) is 15.9. The van der Waals surface area contributed by atoms with Gasteiger partial charge in [0.1, 0.15) is 0 Å². The van der Waals surface area contributed by atoms with Crippen LogP contribution in [0.4, 0.5) is 17.1 Å². The molecule has 6 rings (SSSR count). The molecule has 152 valence electrons. The molecule has 0 spiro atoms. The summed E-state index contributed by atoms with van der Waals surface area (Å²) in [4.78, 5) is 5.79. The SMILES string of the molecule is c1ccc(N(c2ccccc2)c2ccc(-c3ccc4[nH]c5ccccc5c4c3)cc2)cc1. The molecule has 0 amide bonds. The third-order valence-electron chi connectivity index (χ3n) is 5.99. The number of rotatable bonds is 4. The van der Waals surface area contributed by atoms with Crippen molar-refractivity contribution in [1.82, 2.24) is 4.98 Å². The van der Waals surface area contributed by atoms with Crippen LogP contribution >= 0.6 is 0 Å². The third kappa shape index (κ3) is 3.23. The number of fused-ring (bicyclic) bond motifs is 3. The van der Waals surface area contributed by atoms with Gasteiger partial charge in [-0.2, -0.15) is 0 Å². The smallest absolute Gasteiger partial charge is 0.0465 e. The van der Waals surface area contributed by atoms with Crippen molar-refractivity contribution in [2.24, 2.45) is 0 Å². The molecule has 0 saturated carbocycles. The average Bonchev–Trinajstić information content (AvgIpc) is 3.24. The number of hydrogen-bond acceptors (Lipinski definition) is 1. The van der Waals surface area contributed by atoms with Gasteiger partial charge in [-0.15, -0.1) is 0 Å². The molecule has 0 fully saturated rings. The van der Waals surface area contributed by atoms with Gasteiger partial charge in [-0.25, -0.2) is 0 Å². The summed E-state index contributed by atoms with van der Waals surface area (Å²) in [6.45, 7) is 0. The van der Waals surface area contributed by atoms with E-state index in [1.54, 1.807) is 0 Å². The van der Waals surface area contributed by atoms with Crippen molar-refractivity contribution >= 4 is 38.9 Å². The van der Waals surface area contributed by atoms with Crippen molar-refractivity contribution in [1.29, 1.82) is 0 Å². The fraction of sp³-hybridized carbons (Fsp3) is 0. The Balaban J connectivity index is 1.41. The van der Waals surface area contributed by atoms with Gasteiger partial charge in [0.05, 0.1) is 0 Å². The maximum absolute atomic E-state index is 3.51. The van der Waals surface area contributed by atoms with Crippen LogP contribution in [0.3, 0.4) is 0 Å². The molecule has 32 heavy (non-hydrogen) atoms. The Labute approximate surface area is 187 Å². The molecule has 5 aromatic carbocycles. The Morgan fingerprint density at radius 2 is 0.938 bits per heavy atom. The Morgan fingerprint density at radius 1 is 0.406 bits per heavy atom. The largest absolute Gasteiger partial charge is 0.355 e. The molecule has 0 aliphatic rings. The maximum atomic E-state index is 3.51. The highest BCUT2D eigenvalue weighted by Gasteiger charge is 2.12. The first-order valence-corrected chi connectivity index (χ1v) is 10.9. The van der Waals surface area contributed by atoms with Gasteiger partial charge in [-0.1, -0.05) is 72.8 Å². The van der Waals surface area contributed by atoms with Crippen molar-refractivity contribution in [2.45, 2.75) is 0 Å². The van der Waals surface area contributed by atoms with Crippen LogP contribution in [-0.2, 0) is 0 Å². The van der Waals surface area contributed by atoms with E-state index < -0.39 is 0 Å². The standard InChI is InChI=1S/C30H22N2/c1-3-9-24(10-4-1)32(25-11-5-2-6-12-25)26-18-15-22(16-19-26)23-17-20-30-28(21-23)27-13-7-8-14-29(27)31-30/h1-21,31H. The fourth-order valence-electron chi connectivity index (χ4n) is 4.43. The average molecular weight is 411 g/mol. The summed E-state index contributed by atoms with van der Waals surface area (Å²) in [6, 6.07) is 45.0. The molecular formula is C30H22N2. The van der Waals surface area contributed by atoms with Crippen molar-refractivity contribution in [3.63, 3.8) is 0 Å². The van der Waals surface area contributed by atoms with Crippen molar-refractivity contribution in [3.8, 4) is 11.1 Å². The van der Waals surface area contributed by atoms with Crippen molar-refractivity contribution in [3.05, 3.63) is 127 Å². The van der Waals surface area contributed by atoms with Gasteiger partial charge in [0, 0.05) is 38.9 Å². The number of H-pyrrole nitrogens is 1. The number of hydrogen-bond donors (Lipinski definition) is 1. The van der Waals surface area contributed by atoms with Gasteiger partial charge in [-0.3, -0.25) is 0 Å². The highest BCUT2D eigenvalue weighted by atomic mass is 15.1. The summed E-state index contributed by atoms with van der Waals surface area (Å²) in [5.74, 6) is 0. The second-order valence-electron chi connectivity index (χ2n) is 7.98. The first kappa shape index (κ1) is 18.5. The van der Waals surface area contributed by atoms with Gasteiger partial charge in [-0.05, 0) is 65.7 Å². The monoisotopic (exact) mass is 410 g/mol. The van der Waals surface area contributed by atoms with Crippen LogP contribution in [0.1, 0.15) is 0 Å². The van der Waals surface area contributed by atoms with Gasteiger partial charge < -0.3 is 9.88 Å². The van der Waals surface area contributed by atoms with Crippen LogP contribution < -0.4 is 4.90 Å². The minimum Gasteiger partial charge on any atom is -0.355 e. The van der Waals surface area contributed by atoms with Crippen LogP contribution in [0.5, 0.6) is 0 Å². The van der Waals surface area contributed by atoms with Crippen LogP contribution in [0.2, 0.25) is 0 Å². The van der Waals surface area contributed by atoms with Crippen LogP contribution in [0, 0.1) is 0 Å². The van der Waals surface area contributed by atoms with Crippen LogP contribution in [-0.4, -0.2) is 4.98 Å². The predicted molar refractivity (Wildman–Crippen MR) is 136 cm³/mol. The van der Waals surface area contributed by atoms with Crippen LogP contribution in [0.15, 0.2) is 127 Å². The summed E-state index contributed by atoms with van der Waals surface area (Å²) >= 11 is 0. The molecule has 2 heteroatoms. The number of anilines is 3. The van der Waals surface area contributed by atoms with Gasteiger partial charge in [0.2, 0.25) is 0 Å². The fourth-order valence-corrected chi connectivity index (χ4v) is 4.43. The lowest BCUT2D eigenvalue weighted by molar-refractivity contribution is 1.28. The number of para-hydroxylation sites is 3. The van der Waals surface area contributed by atoms with E-state index >= 15 is 0 Å². The molecule has 0 aliphatic heterocycles. The lowest BCUT2D eigenvalue weighted by atomic mass is 10.0. The quantitative estimate of drug-likeness (QED) is 0.309. The first-order valence-electron chi connectivity index (χ1n) is 10.9. The molecule has 0 bridgehead atoms. The molecule has 0 radical (unpaired) electrons. The minimum absolute atomic E-state index is 1.14. The van der Waals surface area contributed by atoms with Crippen LogP contribution in [0.25, 0.3) is 32.9 Å². The van der Waals surface area contributed by atoms with Gasteiger partial charge in [0.25, 0.3) is 0 Å². The van der Waals surface area contributed by atoms with E-state index in [0.29, 0.717) is 0 Å². The van der Waals surface area contributed by atoms with E-state index in [1.165, 1.54) is 32.9 Å². The molecule has 6 aromatic rings. The molecule has 2 nitrogen and oxygen atoms in total. The number of nitrogens with zero attached hydrogens (tertiary/aromatic N) is 1. The van der Waals surface area contributed by atoms with E-state index in [1.807, 2.05) is 0 Å². The summed E-state index contributed by atoms with van der Waals surface area (Å²) in [5, 5.41) is 2.53. The van der Waals surface area contributed by atoms with E-state index in [-0.39, 0.29) is 0 Å². The highest BCUT2D eigenvalue weighted by molar-refractivity contribution is 6.08. The molecule has 0 saturated heterocycles. The second-order valence-corrected chi connectivity index (χ2v) is 7.98. The zero-order valence-corrected chi connectivity index (χ0v) is 17.6. The summed E-state index contributed by atoms with van der Waals surface area (Å²) < 4.78 is 0. The number of nitrogens with one attached hydrogen (secondary N) is 1. The van der Waals surface area contributed by atoms with E-state index in [9.17, 15) is 0 Å². The zero-order valence-electron chi connectivity index (χ0n) is 17.6. The van der Waals surface area contributed by atoms with E-state index in [0.717, 1.165) is 17.1 Å². The second kappa shape index (κ2) is 7.75. The molecular weight excluding hydrogens is 388 g/mol. The zero-order chi connectivity index (χ0) is 21.3. The molecule has 0 atom stereocenters. The predicted octanol–water partition coefficient (Wildman–Crippen LogP) is 8.46. The number of benzene rings is 5. The number of aromatic amines is 1. The van der Waals surface area contributed by atoms with Crippen molar-refractivity contribution in [2.75, 3.05) is 4.90 Å². The minimum atomic E-state index is 1.14. The summed E-state index contributed by atoms with van der Waals surface area (Å²) in [7, 11) is 0. The lowest BCUT2D eigenvalue weighted by Gasteiger charge is -2.25. The molecule has 1 N–H and O–H groups in total. The van der Waals surface area contributed by atoms with Gasteiger partial charge in [0.15, 0.2) is 0 Å². The molecule has 1 aromatic heterocycles. The maximum Gasteiger partial charge on any atom is 0.0465 e. The van der Waals surface area contributed by atoms with E-state index in [4.69, 9.17) is 0 Å². The summed E-state index contributed by atoms with van der Waals surface area (Å²) in [6.07, 6.45) is 0. The third-order valence-corrected chi connectivity index (χ3v) is 5.99. The Hall–Kier alpha value is -4.30. The Morgan fingerprint density at radius 3 is 1.62 bits per heavy atom. The molecule has 0 unspecified atom stereocenters. The topological polar surface area (TPSA) is 19.0 Å². The van der Waals surface area contributed by atoms with E-state index in [2.05, 4.69) is 137 Å². The molecule has 0 aliphatic carbocycles. The number of aromatic nitrogens is 1. The Bertz CT molecular complexity index is 1460. The lowest BCUT2D eigenvalue weighted by Crippen LogP contribution is -2.09. The molecule has 1 heterocycles. The van der Waals surface area contributed by atoms with Crippen molar-refractivity contribution < 1.29 is 0 Å². The summed E-state index contributed by atoms with van der Waals surface area (Å²) in [5.41, 5.74) is 8.21. The highest BCUT2D eigenvalue weighted by Crippen LogP contribution is 2.36. The Kier molecular flexibility index (Phi) is 4.47. The van der Waals surface area contributed by atoms with Gasteiger partial charge >= 0.3 is 0 Å². The normalized spacial score (nSPS) is 11.1.